The molecule has 0 unspecified atom stereocenters. The molecule has 0 aliphatic heterocycles. The van der Waals surface area contributed by atoms with Crippen LogP contribution in [0.5, 0.6) is 0 Å². The van der Waals surface area contributed by atoms with Gasteiger partial charge in [-0.2, -0.15) is 0 Å². The van der Waals surface area contributed by atoms with E-state index in [2.05, 4.69) is 20.9 Å². The van der Waals surface area contributed by atoms with E-state index in [9.17, 15) is 4.79 Å². The zero-order valence-electron chi connectivity index (χ0n) is 6.84. The molecule has 0 fully saturated rings. The highest BCUT2D eigenvalue weighted by molar-refractivity contribution is 9.11. The van der Waals surface area contributed by atoms with E-state index in [-0.39, 0.29) is 12.4 Å². The van der Waals surface area contributed by atoms with Crippen molar-refractivity contribution in [1.29, 1.82) is 0 Å². The van der Waals surface area contributed by atoms with Crippen molar-refractivity contribution in [2.45, 2.75) is 13.3 Å². The third-order valence-electron chi connectivity index (χ3n) is 1.24. The number of rotatable bonds is 3. The number of halogens is 2. The molecular formula is C7H7BrClNO2S. The molecule has 0 atom stereocenters. The third-order valence-corrected chi connectivity index (χ3v) is 3.03. The van der Waals surface area contributed by atoms with E-state index >= 15 is 0 Å². The van der Waals surface area contributed by atoms with Crippen LogP contribution in [0.3, 0.4) is 0 Å². The summed E-state index contributed by atoms with van der Waals surface area (Å²) in [6.45, 7) is 2.14. The molecule has 1 aromatic heterocycles. The second-order valence-corrected chi connectivity index (χ2v) is 5.05. The first kappa shape index (κ1) is 10.9. The van der Waals surface area contributed by atoms with Gasteiger partial charge in [-0.15, -0.1) is 0 Å². The molecule has 0 aliphatic carbocycles. The number of ether oxygens (including phenoxy) is 1. The third kappa shape index (κ3) is 3.25. The van der Waals surface area contributed by atoms with Crippen molar-refractivity contribution in [1.82, 2.24) is 4.98 Å². The van der Waals surface area contributed by atoms with Crippen molar-refractivity contribution in [2.24, 2.45) is 0 Å². The van der Waals surface area contributed by atoms with Crippen LogP contribution in [0.15, 0.2) is 3.92 Å². The quantitative estimate of drug-likeness (QED) is 0.801. The van der Waals surface area contributed by atoms with E-state index in [1.807, 2.05) is 0 Å². The molecule has 3 nitrogen and oxygen atoms in total. The number of carbonyl (C=O) groups is 1. The fraction of sp³-hybridized carbons (Fsp3) is 0.429. The Morgan fingerprint density at radius 3 is 2.92 bits per heavy atom. The summed E-state index contributed by atoms with van der Waals surface area (Å²) < 4.78 is 5.97. The number of carbonyl (C=O) groups excluding carboxylic acids is 1. The van der Waals surface area contributed by atoms with E-state index in [0.717, 1.165) is 0 Å². The summed E-state index contributed by atoms with van der Waals surface area (Å²) in [6, 6.07) is 0. The maximum absolute atomic E-state index is 11.0. The van der Waals surface area contributed by atoms with Crippen molar-refractivity contribution < 1.29 is 9.53 Å². The van der Waals surface area contributed by atoms with E-state index in [4.69, 9.17) is 16.3 Å². The number of hydrogen-bond acceptors (Lipinski definition) is 4. The normalized spacial score (nSPS) is 10.1. The van der Waals surface area contributed by atoms with Gasteiger partial charge in [0, 0.05) is 0 Å². The van der Waals surface area contributed by atoms with Gasteiger partial charge >= 0.3 is 5.97 Å². The Kier molecular flexibility index (Phi) is 4.15. The summed E-state index contributed by atoms with van der Waals surface area (Å²) in [5.74, 6) is -0.304. The maximum Gasteiger partial charge on any atom is 0.311 e. The monoisotopic (exact) mass is 283 g/mol. The molecule has 0 radical (unpaired) electrons. The van der Waals surface area contributed by atoms with Crippen molar-refractivity contribution >= 4 is 44.8 Å². The first-order valence-corrected chi connectivity index (χ1v) is 5.58. The smallest absolute Gasteiger partial charge is 0.311 e. The van der Waals surface area contributed by atoms with Crippen molar-refractivity contribution in [3.8, 4) is 0 Å². The van der Waals surface area contributed by atoms with Crippen molar-refractivity contribution in [3.63, 3.8) is 0 Å². The van der Waals surface area contributed by atoms with E-state index in [1.54, 1.807) is 6.92 Å². The molecule has 1 aromatic rings. The lowest BCUT2D eigenvalue weighted by Gasteiger charge is -1.98. The molecule has 0 amide bonds. The summed E-state index contributed by atoms with van der Waals surface area (Å²) in [4.78, 5) is 15.1. The Morgan fingerprint density at radius 2 is 2.46 bits per heavy atom. The number of thiazole rings is 1. The lowest BCUT2D eigenvalue weighted by molar-refractivity contribution is -0.142. The minimum atomic E-state index is -0.304. The first-order chi connectivity index (χ1) is 6.13. The first-order valence-electron chi connectivity index (χ1n) is 3.59. The van der Waals surface area contributed by atoms with E-state index in [0.29, 0.717) is 20.6 Å². The largest absolute Gasteiger partial charge is 0.466 e. The number of aromatic nitrogens is 1. The maximum atomic E-state index is 11.0. The Bertz CT molecular complexity index is 315. The fourth-order valence-electron chi connectivity index (χ4n) is 0.763. The Morgan fingerprint density at radius 1 is 1.77 bits per heavy atom. The van der Waals surface area contributed by atoms with Gasteiger partial charge in [0.25, 0.3) is 0 Å². The molecule has 0 aromatic carbocycles. The van der Waals surface area contributed by atoms with Crippen molar-refractivity contribution in [3.05, 3.63) is 13.9 Å². The van der Waals surface area contributed by atoms with Crippen LogP contribution in [-0.4, -0.2) is 17.6 Å². The summed E-state index contributed by atoms with van der Waals surface area (Å²) in [5.41, 5.74) is 0.567. The lowest BCUT2D eigenvalue weighted by atomic mass is 10.3. The van der Waals surface area contributed by atoms with Crippen LogP contribution in [0, 0.1) is 0 Å². The second-order valence-electron chi connectivity index (χ2n) is 2.17. The average Bonchev–Trinajstić information content (AvgIpc) is 2.30. The molecule has 0 saturated heterocycles. The number of nitrogens with zero attached hydrogens (tertiary/aromatic N) is 1. The van der Waals surface area contributed by atoms with Gasteiger partial charge in [-0.1, -0.05) is 22.9 Å². The topological polar surface area (TPSA) is 39.2 Å². The van der Waals surface area contributed by atoms with Gasteiger partial charge < -0.3 is 4.74 Å². The zero-order chi connectivity index (χ0) is 9.84. The van der Waals surface area contributed by atoms with Gasteiger partial charge in [0.2, 0.25) is 0 Å². The highest BCUT2D eigenvalue weighted by Crippen LogP contribution is 2.28. The minimum absolute atomic E-state index is 0.134. The van der Waals surface area contributed by atoms with Gasteiger partial charge in [-0.05, 0) is 22.9 Å². The van der Waals surface area contributed by atoms with E-state index in [1.165, 1.54) is 11.3 Å². The summed E-state index contributed by atoms with van der Waals surface area (Å²) >= 11 is 10.3. The molecule has 1 heterocycles. The second kappa shape index (κ2) is 4.93. The highest BCUT2D eigenvalue weighted by atomic mass is 79.9. The van der Waals surface area contributed by atoms with Crippen molar-refractivity contribution in [2.75, 3.05) is 6.61 Å². The van der Waals surface area contributed by atoms with Gasteiger partial charge in [0.05, 0.1) is 18.7 Å². The van der Waals surface area contributed by atoms with Gasteiger partial charge in [-0.3, -0.25) is 4.79 Å². The van der Waals surface area contributed by atoms with Crippen LogP contribution in [0.1, 0.15) is 12.6 Å². The van der Waals surface area contributed by atoms with Gasteiger partial charge in [-0.25, -0.2) is 4.98 Å². The Balaban J connectivity index is 2.63. The average molecular weight is 285 g/mol. The van der Waals surface area contributed by atoms with Crippen LogP contribution in [0.25, 0.3) is 0 Å². The molecule has 0 N–H and O–H groups in total. The predicted molar refractivity (Wildman–Crippen MR) is 55.2 cm³/mol. The molecule has 0 bridgehead atoms. The molecule has 72 valence electrons. The fourth-order valence-corrected chi connectivity index (χ4v) is 2.61. The zero-order valence-corrected chi connectivity index (χ0v) is 10.0. The molecule has 0 aliphatic rings. The Labute approximate surface area is 93.2 Å². The number of esters is 1. The van der Waals surface area contributed by atoms with Crippen LogP contribution in [-0.2, 0) is 16.0 Å². The Hall–Kier alpha value is -0.130. The van der Waals surface area contributed by atoms with Gasteiger partial charge in [0.1, 0.15) is 4.34 Å². The summed E-state index contributed by atoms with van der Waals surface area (Å²) in [5, 5.41) is 0. The predicted octanol–water partition coefficient (Wildman–Crippen LogP) is 2.66. The van der Waals surface area contributed by atoms with Crippen LogP contribution in [0.4, 0.5) is 0 Å². The SMILES string of the molecule is CCOC(=O)Cc1nc(Br)sc1Cl. The van der Waals surface area contributed by atoms with Crippen LogP contribution in [0.2, 0.25) is 4.34 Å². The summed E-state index contributed by atoms with van der Waals surface area (Å²) in [6.07, 6.45) is 0.134. The molecule has 0 saturated carbocycles. The molecule has 6 heteroatoms. The summed E-state index contributed by atoms with van der Waals surface area (Å²) in [7, 11) is 0. The standard InChI is InChI=1S/C7H7BrClNO2S/c1-2-12-5(11)3-4-6(9)13-7(8)10-4/h2-3H2,1H3. The molecule has 13 heavy (non-hydrogen) atoms. The minimum Gasteiger partial charge on any atom is -0.466 e. The molecule has 1 rings (SSSR count). The molecule has 0 spiro atoms. The van der Waals surface area contributed by atoms with Crippen LogP contribution < -0.4 is 0 Å². The molecular weight excluding hydrogens is 278 g/mol. The number of hydrogen-bond donors (Lipinski definition) is 0. The van der Waals surface area contributed by atoms with E-state index < -0.39 is 0 Å². The van der Waals surface area contributed by atoms with Crippen LogP contribution >= 0.6 is 38.9 Å². The van der Waals surface area contributed by atoms with Gasteiger partial charge in [0.15, 0.2) is 3.92 Å². The highest BCUT2D eigenvalue weighted by Gasteiger charge is 2.12. The lowest BCUT2D eigenvalue weighted by Crippen LogP contribution is -2.07.